The van der Waals surface area contributed by atoms with Gasteiger partial charge in [-0.15, -0.1) is 10.2 Å². The van der Waals surface area contributed by atoms with Gasteiger partial charge in [-0.2, -0.15) is 0 Å². The standard InChI is InChI=1S/C21H13Cl2FN4O3/c1-30-21(29)18-19(17-13(22)3-2-4-14(17)23)28-31-20(18)25-16-10-9-15(26-27-16)11-5-7-12(24)8-6-11/h2-10H,1H3,(H,25,27). The molecule has 0 aliphatic rings. The molecule has 10 heteroatoms. The number of nitrogens with zero attached hydrogens (tertiary/aromatic N) is 3. The second kappa shape index (κ2) is 8.71. The highest BCUT2D eigenvalue weighted by molar-refractivity contribution is 6.39. The van der Waals surface area contributed by atoms with Crippen LogP contribution >= 0.6 is 23.2 Å². The monoisotopic (exact) mass is 458 g/mol. The van der Waals surface area contributed by atoms with E-state index in [-0.39, 0.29) is 28.8 Å². The Morgan fingerprint density at radius 3 is 2.35 bits per heavy atom. The van der Waals surface area contributed by atoms with Crippen molar-refractivity contribution in [3.05, 3.63) is 76.0 Å². The lowest BCUT2D eigenvalue weighted by molar-refractivity contribution is 0.0602. The number of halogens is 3. The molecule has 0 bridgehead atoms. The van der Waals surface area contributed by atoms with E-state index in [0.29, 0.717) is 26.9 Å². The zero-order valence-electron chi connectivity index (χ0n) is 15.9. The maximum atomic E-state index is 13.1. The van der Waals surface area contributed by atoms with Crippen LogP contribution in [-0.4, -0.2) is 28.4 Å². The Balaban J connectivity index is 1.68. The number of aromatic nitrogens is 3. The van der Waals surface area contributed by atoms with Gasteiger partial charge >= 0.3 is 5.97 Å². The van der Waals surface area contributed by atoms with Crippen LogP contribution in [0, 0.1) is 5.82 Å². The number of methoxy groups -OCH3 is 1. The fraction of sp³-hybridized carbons (Fsp3) is 0.0476. The highest BCUT2D eigenvalue weighted by Gasteiger charge is 2.28. The molecule has 7 nitrogen and oxygen atoms in total. The van der Waals surface area contributed by atoms with Crippen molar-refractivity contribution < 1.29 is 18.4 Å². The van der Waals surface area contributed by atoms with Crippen molar-refractivity contribution in [1.82, 2.24) is 15.4 Å². The molecule has 4 aromatic rings. The molecule has 0 aliphatic heterocycles. The number of hydrogen-bond donors (Lipinski definition) is 1. The predicted octanol–water partition coefficient (Wildman–Crippen LogP) is 5.77. The summed E-state index contributed by atoms with van der Waals surface area (Å²) in [6, 6.07) is 14.1. The van der Waals surface area contributed by atoms with Crippen molar-refractivity contribution in [2.24, 2.45) is 0 Å². The molecule has 0 aliphatic carbocycles. The number of carbonyl (C=O) groups is 1. The Morgan fingerprint density at radius 2 is 1.74 bits per heavy atom. The molecular weight excluding hydrogens is 446 g/mol. The number of carbonyl (C=O) groups excluding carboxylic acids is 1. The molecular formula is C21H13Cl2FN4O3. The maximum Gasteiger partial charge on any atom is 0.345 e. The zero-order chi connectivity index (χ0) is 22.0. The number of rotatable bonds is 5. The second-order valence-electron chi connectivity index (χ2n) is 6.26. The number of nitrogens with one attached hydrogen (secondary N) is 1. The van der Waals surface area contributed by atoms with Gasteiger partial charge in [-0.1, -0.05) is 34.4 Å². The fourth-order valence-corrected chi connectivity index (χ4v) is 3.43. The minimum atomic E-state index is -0.703. The van der Waals surface area contributed by atoms with Crippen LogP contribution in [0.5, 0.6) is 0 Å². The fourth-order valence-electron chi connectivity index (χ4n) is 2.85. The largest absolute Gasteiger partial charge is 0.465 e. The van der Waals surface area contributed by atoms with Crippen LogP contribution in [0.15, 0.2) is 59.1 Å². The van der Waals surface area contributed by atoms with Crippen LogP contribution < -0.4 is 5.32 Å². The van der Waals surface area contributed by atoms with Crippen molar-refractivity contribution in [3.8, 4) is 22.5 Å². The van der Waals surface area contributed by atoms with Gasteiger partial charge in [0.05, 0.1) is 22.8 Å². The molecule has 0 spiro atoms. The predicted molar refractivity (Wildman–Crippen MR) is 114 cm³/mol. The summed E-state index contributed by atoms with van der Waals surface area (Å²) in [7, 11) is 1.23. The lowest BCUT2D eigenvalue weighted by Crippen LogP contribution is -2.06. The first-order valence-electron chi connectivity index (χ1n) is 8.87. The van der Waals surface area contributed by atoms with Crippen LogP contribution in [0.2, 0.25) is 10.0 Å². The first kappa shape index (κ1) is 20.8. The molecule has 2 heterocycles. The summed E-state index contributed by atoms with van der Waals surface area (Å²) in [5, 5.41) is 15.6. The Labute approximate surface area is 185 Å². The van der Waals surface area contributed by atoms with Crippen molar-refractivity contribution >= 4 is 40.9 Å². The van der Waals surface area contributed by atoms with Gasteiger partial charge in [-0.3, -0.25) is 0 Å². The van der Waals surface area contributed by atoms with E-state index in [1.807, 2.05) is 0 Å². The molecule has 156 valence electrons. The Kier molecular flexibility index (Phi) is 5.83. The first-order chi connectivity index (χ1) is 15.0. The lowest BCUT2D eigenvalue weighted by Gasteiger charge is -2.07. The Bertz CT molecular complexity index is 1220. The average Bonchev–Trinajstić information content (AvgIpc) is 3.17. The molecule has 1 N–H and O–H groups in total. The molecule has 0 fully saturated rings. The smallest absolute Gasteiger partial charge is 0.345 e. The van der Waals surface area contributed by atoms with E-state index < -0.39 is 5.97 Å². The molecule has 0 unspecified atom stereocenters. The van der Waals surface area contributed by atoms with Crippen molar-refractivity contribution in [2.45, 2.75) is 0 Å². The summed E-state index contributed by atoms with van der Waals surface area (Å²) in [5.41, 5.74) is 1.70. The normalized spacial score (nSPS) is 10.7. The van der Waals surface area contributed by atoms with Gasteiger partial charge in [-0.05, 0) is 48.5 Å². The number of anilines is 2. The maximum absolute atomic E-state index is 13.1. The van der Waals surface area contributed by atoms with Gasteiger partial charge in [0, 0.05) is 11.1 Å². The van der Waals surface area contributed by atoms with Crippen LogP contribution in [-0.2, 0) is 4.74 Å². The third-order valence-corrected chi connectivity index (χ3v) is 4.96. The summed E-state index contributed by atoms with van der Waals surface area (Å²) in [5.74, 6) is -0.777. The van der Waals surface area contributed by atoms with Gasteiger partial charge < -0.3 is 14.6 Å². The minimum Gasteiger partial charge on any atom is -0.465 e. The molecule has 4 rings (SSSR count). The number of benzene rings is 2. The van der Waals surface area contributed by atoms with Gasteiger partial charge in [-0.25, -0.2) is 9.18 Å². The quantitative estimate of drug-likeness (QED) is 0.379. The second-order valence-corrected chi connectivity index (χ2v) is 7.07. The van der Waals surface area contributed by atoms with E-state index in [2.05, 4.69) is 20.7 Å². The summed E-state index contributed by atoms with van der Waals surface area (Å²) >= 11 is 12.5. The summed E-state index contributed by atoms with van der Waals surface area (Å²) in [6.07, 6.45) is 0. The van der Waals surface area contributed by atoms with Crippen LogP contribution in [0.1, 0.15) is 10.4 Å². The number of esters is 1. The van der Waals surface area contributed by atoms with E-state index >= 15 is 0 Å². The molecule has 0 amide bonds. The topological polar surface area (TPSA) is 90.1 Å². The lowest BCUT2D eigenvalue weighted by atomic mass is 10.1. The van der Waals surface area contributed by atoms with E-state index in [9.17, 15) is 9.18 Å². The van der Waals surface area contributed by atoms with Crippen molar-refractivity contribution in [2.75, 3.05) is 12.4 Å². The van der Waals surface area contributed by atoms with E-state index in [4.69, 9.17) is 32.5 Å². The van der Waals surface area contributed by atoms with E-state index in [1.54, 1.807) is 42.5 Å². The molecule has 0 radical (unpaired) electrons. The SMILES string of the molecule is COC(=O)c1c(-c2c(Cl)cccc2Cl)noc1Nc1ccc(-c2ccc(F)cc2)nn1. The summed E-state index contributed by atoms with van der Waals surface area (Å²) < 4.78 is 23.3. The van der Waals surface area contributed by atoms with Gasteiger partial charge in [0.2, 0.25) is 5.88 Å². The Hall–Kier alpha value is -3.49. The van der Waals surface area contributed by atoms with E-state index in [1.165, 1.54) is 19.2 Å². The third-order valence-electron chi connectivity index (χ3n) is 4.33. The van der Waals surface area contributed by atoms with E-state index in [0.717, 1.165) is 0 Å². The molecule has 0 saturated carbocycles. The summed E-state index contributed by atoms with van der Waals surface area (Å²) in [4.78, 5) is 12.5. The number of hydrogen-bond acceptors (Lipinski definition) is 7. The highest BCUT2D eigenvalue weighted by Crippen LogP contribution is 2.39. The molecule has 2 aromatic heterocycles. The minimum absolute atomic E-state index is 0.00177. The van der Waals surface area contributed by atoms with Crippen LogP contribution in [0.4, 0.5) is 16.1 Å². The molecule has 2 aromatic carbocycles. The molecule has 31 heavy (non-hydrogen) atoms. The third kappa shape index (κ3) is 4.21. The Morgan fingerprint density at radius 1 is 1.03 bits per heavy atom. The molecule has 0 saturated heterocycles. The van der Waals surface area contributed by atoms with Crippen LogP contribution in [0.25, 0.3) is 22.5 Å². The van der Waals surface area contributed by atoms with Crippen LogP contribution in [0.3, 0.4) is 0 Å². The van der Waals surface area contributed by atoms with Gasteiger partial charge in [0.25, 0.3) is 0 Å². The zero-order valence-corrected chi connectivity index (χ0v) is 17.4. The number of ether oxygens (including phenoxy) is 1. The van der Waals surface area contributed by atoms with Gasteiger partial charge in [0.1, 0.15) is 11.5 Å². The molecule has 0 atom stereocenters. The average molecular weight is 459 g/mol. The van der Waals surface area contributed by atoms with Crippen molar-refractivity contribution in [3.63, 3.8) is 0 Å². The van der Waals surface area contributed by atoms with Gasteiger partial charge in [0.15, 0.2) is 11.4 Å². The van der Waals surface area contributed by atoms with Crippen molar-refractivity contribution in [1.29, 1.82) is 0 Å². The summed E-state index contributed by atoms with van der Waals surface area (Å²) in [6.45, 7) is 0. The highest BCUT2D eigenvalue weighted by atomic mass is 35.5. The first-order valence-corrected chi connectivity index (χ1v) is 9.62.